The van der Waals surface area contributed by atoms with E-state index >= 15 is 0 Å². The number of hydrogen-bond acceptors (Lipinski definition) is 8. The molecule has 0 N–H and O–H groups in total. The number of carbonyl (C=O) groups excluding carboxylic acids is 1. The summed E-state index contributed by atoms with van der Waals surface area (Å²) in [5.41, 5.74) is 1.55. The van der Waals surface area contributed by atoms with Crippen molar-refractivity contribution in [2.45, 2.75) is 13.2 Å². The lowest BCUT2D eigenvalue weighted by molar-refractivity contribution is 0.0429. The van der Waals surface area contributed by atoms with Crippen LogP contribution in [0.1, 0.15) is 22.0 Å². The van der Waals surface area contributed by atoms with E-state index in [9.17, 15) is 4.79 Å². The van der Waals surface area contributed by atoms with Crippen molar-refractivity contribution in [2.24, 2.45) is 0 Å². The lowest BCUT2D eigenvalue weighted by Crippen LogP contribution is -2.04. The fraction of sp³-hybridized carbons (Fsp3) is 0.190. The Morgan fingerprint density at radius 1 is 1.17 bits per heavy atom. The van der Waals surface area contributed by atoms with Gasteiger partial charge in [-0.1, -0.05) is 0 Å². The molecule has 0 aliphatic heterocycles. The van der Waals surface area contributed by atoms with E-state index in [1.165, 1.54) is 11.3 Å². The number of benzene rings is 1. The van der Waals surface area contributed by atoms with Gasteiger partial charge in [-0.25, -0.2) is 9.78 Å². The number of methoxy groups -OCH3 is 2. The Kier molecular flexibility index (Phi) is 5.80. The van der Waals surface area contributed by atoms with Crippen LogP contribution in [0.5, 0.6) is 11.5 Å². The third-order valence-electron chi connectivity index (χ3n) is 4.27. The third-order valence-corrected chi connectivity index (χ3v) is 5.21. The van der Waals surface area contributed by atoms with Crippen molar-refractivity contribution in [1.82, 2.24) is 14.8 Å². The average Bonchev–Trinajstić information content (AvgIpc) is 3.54. The summed E-state index contributed by atoms with van der Waals surface area (Å²) in [7, 11) is 3.18. The lowest BCUT2D eigenvalue weighted by atomic mass is 10.2. The highest BCUT2D eigenvalue weighted by Gasteiger charge is 2.15. The summed E-state index contributed by atoms with van der Waals surface area (Å²) in [4.78, 5) is 16.8. The molecule has 0 radical (unpaired) electrons. The first kappa shape index (κ1) is 19.7. The van der Waals surface area contributed by atoms with Crippen molar-refractivity contribution in [3.8, 4) is 22.1 Å². The summed E-state index contributed by atoms with van der Waals surface area (Å²) in [6.45, 7) is 0.499. The molecular weight excluding hydrogens is 406 g/mol. The Labute approximate surface area is 176 Å². The standard InChI is InChI=1S/C21H19N3O5S/c1-26-17-6-4-14(10-19(17)27-2)20-23-15(13-30-20)12-28-21(25)18-7-5-16(29-18)11-24-9-3-8-22-24/h3-10,13H,11-12H2,1-2H3. The number of hydrogen-bond donors (Lipinski definition) is 0. The number of nitrogens with zero attached hydrogens (tertiary/aromatic N) is 3. The molecule has 1 aromatic carbocycles. The summed E-state index contributed by atoms with van der Waals surface area (Å²) in [6.07, 6.45) is 3.50. The van der Waals surface area contributed by atoms with E-state index < -0.39 is 5.97 Å². The van der Waals surface area contributed by atoms with Gasteiger partial charge in [0, 0.05) is 23.3 Å². The van der Waals surface area contributed by atoms with Gasteiger partial charge in [0.25, 0.3) is 0 Å². The Morgan fingerprint density at radius 3 is 2.80 bits per heavy atom. The largest absolute Gasteiger partial charge is 0.493 e. The van der Waals surface area contributed by atoms with E-state index in [0.29, 0.717) is 29.5 Å². The van der Waals surface area contributed by atoms with E-state index in [1.54, 1.807) is 37.2 Å². The predicted molar refractivity (Wildman–Crippen MR) is 110 cm³/mol. The molecule has 0 aliphatic carbocycles. The maximum atomic E-state index is 12.3. The molecule has 3 aromatic heterocycles. The molecule has 0 fully saturated rings. The topological polar surface area (TPSA) is 88.6 Å². The first-order chi connectivity index (χ1) is 14.7. The molecular formula is C21H19N3O5S. The summed E-state index contributed by atoms with van der Waals surface area (Å²) in [5.74, 6) is 1.50. The monoisotopic (exact) mass is 425 g/mol. The molecule has 0 amide bonds. The zero-order valence-electron chi connectivity index (χ0n) is 16.4. The molecule has 9 heteroatoms. The Bertz CT molecular complexity index is 1130. The minimum atomic E-state index is -0.539. The number of aromatic nitrogens is 3. The maximum Gasteiger partial charge on any atom is 0.374 e. The van der Waals surface area contributed by atoms with Gasteiger partial charge in [0.1, 0.15) is 17.4 Å². The second-order valence-electron chi connectivity index (χ2n) is 6.26. The first-order valence-electron chi connectivity index (χ1n) is 9.06. The van der Waals surface area contributed by atoms with Gasteiger partial charge in [-0.3, -0.25) is 4.68 Å². The number of esters is 1. The molecule has 0 atom stereocenters. The number of thiazole rings is 1. The van der Waals surface area contributed by atoms with Gasteiger partial charge in [0.2, 0.25) is 5.76 Å². The zero-order chi connectivity index (χ0) is 20.9. The molecule has 4 aromatic rings. The summed E-state index contributed by atoms with van der Waals surface area (Å²) in [6, 6.07) is 10.7. The second-order valence-corrected chi connectivity index (χ2v) is 7.12. The zero-order valence-corrected chi connectivity index (χ0v) is 17.2. The average molecular weight is 425 g/mol. The smallest absolute Gasteiger partial charge is 0.374 e. The van der Waals surface area contributed by atoms with Crippen molar-refractivity contribution < 1.29 is 23.4 Å². The van der Waals surface area contributed by atoms with Gasteiger partial charge in [-0.15, -0.1) is 11.3 Å². The minimum absolute atomic E-state index is 0.0534. The SMILES string of the molecule is COc1ccc(-c2nc(COC(=O)c3ccc(Cn4cccn4)o3)cs2)cc1OC. The number of ether oxygens (including phenoxy) is 3. The van der Waals surface area contributed by atoms with Crippen LogP contribution in [0.2, 0.25) is 0 Å². The normalized spacial score (nSPS) is 10.7. The van der Waals surface area contributed by atoms with Crippen molar-refractivity contribution in [3.05, 3.63) is 71.4 Å². The van der Waals surface area contributed by atoms with E-state index in [4.69, 9.17) is 18.6 Å². The molecule has 0 spiro atoms. The Hall–Kier alpha value is -3.59. The molecule has 0 bridgehead atoms. The van der Waals surface area contributed by atoms with Gasteiger partial charge in [0.15, 0.2) is 11.5 Å². The van der Waals surface area contributed by atoms with Gasteiger partial charge < -0.3 is 18.6 Å². The molecule has 3 heterocycles. The molecule has 4 rings (SSSR count). The van der Waals surface area contributed by atoms with Crippen LogP contribution in [0, 0.1) is 0 Å². The molecule has 30 heavy (non-hydrogen) atoms. The van der Waals surface area contributed by atoms with Gasteiger partial charge in [0.05, 0.1) is 26.5 Å². The quantitative estimate of drug-likeness (QED) is 0.394. The second kappa shape index (κ2) is 8.83. The van der Waals surface area contributed by atoms with Gasteiger partial charge in [-0.05, 0) is 36.4 Å². The maximum absolute atomic E-state index is 12.3. The first-order valence-corrected chi connectivity index (χ1v) is 9.94. The van der Waals surface area contributed by atoms with Crippen molar-refractivity contribution >= 4 is 17.3 Å². The van der Waals surface area contributed by atoms with E-state index in [1.807, 2.05) is 35.8 Å². The minimum Gasteiger partial charge on any atom is -0.493 e. The van der Waals surface area contributed by atoms with Crippen molar-refractivity contribution in [3.63, 3.8) is 0 Å². The lowest BCUT2D eigenvalue weighted by Gasteiger charge is -2.08. The molecule has 0 saturated heterocycles. The van der Waals surface area contributed by atoms with Crippen LogP contribution in [0.4, 0.5) is 0 Å². The van der Waals surface area contributed by atoms with Gasteiger partial charge >= 0.3 is 5.97 Å². The van der Waals surface area contributed by atoms with Crippen LogP contribution in [0.15, 0.2) is 58.6 Å². The highest BCUT2D eigenvalue weighted by molar-refractivity contribution is 7.13. The highest BCUT2D eigenvalue weighted by atomic mass is 32.1. The van der Waals surface area contributed by atoms with Crippen LogP contribution in [0.3, 0.4) is 0 Å². The van der Waals surface area contributed by atoms with Crippen LogP contribution in [-0.2, 0) is 17.9 Å². The van der Waals surface area contributed by atoms with Crippen LogP contribution in [-0.4, -0.2) is 35.0 Å². The molecule has 0 aliphatic rings. The van der Waals surface area contributed by atoms with E-state index in [2.05, 4.69) is 10.1 Å². The van der Waals surface area contributed by atoms with Gasteiger partial charge in [-0.2, -0.15) is 5.10 Å². The predicted octanol–water partition coefficient (Wildman–Crippen LogP) is 4.02. The number of rotatable bonds is 8. The van der Waals surface area contributed by atoms with Crippen LogP contribution in [0.25, 0.3) is 10.6 Å². The third kappa shape index (κ3) is 4.36. The summed E-state index contributed by atoms with van der Waals surface area (Å²) in [5, 5.41) is 6.75. The fourth-order valence-electron chi connectivity index (χ4n) is 2.81. The Balaban J connectivity index is 1.37. The van der Waals surface area contributed by atoms with E-state index in [-0.39, 0.29) is 12.4 Å². The fourth-order valence-corrected chi connectivity index (χ4v) is 3.61. The summed E-state index contributed by atoms with van der Waals surface area (Å²) < 4.78 is 23.2. The number of furan rings is 1. The molecule has 0 unspecified atom stereocenters. The van der Waals surface area contributed by atoms with Crippen molar-refractivity contribution in [2.75, 3.05) is 14.2 Å². The van der Waals surface area contributed by atoms with Crippen LogP contribution < -0.4 is 9.47 Å². The van der Waals surface area contributed by atoms with Crippen LogP contribution >= 0.6 is 11.3 Å². The molecule has 8 nitrogen and oxygen atoms in total. The highest BCUT2D eigenvalue weighted by Crippen LogP contribution is 2.33. The molecule has 154 valence electrons. The Morgan fingerprint density at radius 2 is 2.03 bits per heavy atom. The summed E-state index contributed by atoms with van der Waals surface area (Å²) >= 11 is 1.46. The van der Waals surface area contributed by atoms with E-state index in [0.717, 1.165) is 10.6 Å². The van der Waals surface area contributed by atoms with Crippen molar-refractivity contribution in [1.29, 1.82) is 0 Å². The number of carbonyl (C=O) groups is 1. The molecule has 0 saturated carbocycles.